The zero-order valence-electron chi connectivity index (χ0n) is 11.4. The van der Waals surface area contributed by atoms with E-state index in [1.807, 2.05) is 11.3 Å². The minimum absolute atomic E-state index is 0.136. The first-order valence-electron chi connectivity index (χ1n) is 7.15. The first-order chi connectivity index (χ1) is 8.73. The molecular weight excluding hydrogens is 242 g/mol. The van der Waals surface area contributed by atoms with E-state index in [2.05, 4.69) is 29.4 Å². The molecule has 0 bridgehead atoms. The van der Waals surface area contributed by atoms with Gasteiger partial charge in [0.15, 0.2) is 0 Å². The zero-order chi connectivity index (χ0) is 12.6. The minimum Gasteiger partial charge on any atom is -0.304 e. The molecule has 1 N–H and O–H groups in total. The summed E-state index contributed by atoms with van der Waals surface area (Å²) in [7, 11) is 0. The van der Waals surface area contributed by atoms with Gasteiger partial charge in [0.2, 0.25) is 0 Å². The predicted octanol–water partition coefficient (Wildman–Crippen LogP) is 2.51. The molecule has 18 heavy (non-hydrogen) atoms. The minimum atomic E-state index is 0.136. The molecule has 2 fully saturated rings. The van der Waals surface area contributed by atoms with E-state index in [9.17, 15) is 0 Å². The van der Waals surface area contributed by atoms with Gasteiger partial charge in [0.05, 0.1) is 5.54 Å². The van der Waals surface area contributed by atoms with Crippen LogP contribution in [0.2, 0.25) is 0 Å². The van der Waals surface area contributed by atoms with Crippen LogP contribution in [0.25, 0.3) is 0 Å². The molecule has 0 amide bonds. The molecule has 1 aromatic heterocycles. The summed E-state index contributed by atoms with van der Waals surface area (Å²) >= 11 is 1.83. The van der Waals surface area contributed by atoms with Crippen molar-refractivity contribution in [3.05, 3.63) is 16.1 Å². The molecule has 0 radical (unpaired) electrons. The number of hydrogen-bond acceptors (Lipinski definition) is 4. The number of hydrogen-bond donors (Lipinski definition) is 1. The molecule has 0 aromatic carbocycles. The normalized spacial score (nSPS) is 29.0. The average molecular weight is 265 g/mol. The van der Waals surface area contributed by atoms with Gasteiger partial charge in [-0.3, -0.25) is 4.90 Å². The van der Waals surface area contributed by atoms with Gasteiger partial charge in [0.1, 0.15) is 5.01 Å². The number of aromatic nitrogens is 1. The van der Waals surface area contributed by atoms with Crippen molar-refractivity contribution in [3.63, 3.8) is 0 Å². The quantitative estimate of drug-likeness (QED) is 0.886. The standard InChI is InChI=1S/C14H23N3S/c1-3-7-15-14(13-16-11(2)9-18-13)6-8-17(10-14)12-4-5-12/h9,12,15H,3-8,10H2,1-2H3. The van der Waals surface area contributed by atoms with E-state index in [0.29, 0.717) is 0 Å². The molecule has 3 rings (SSSR count). The van der Waals surface area contributed by atoms with E-state index < -0.39 is 0 Å². The lowest BCUT2D eigenvalue weighted by atomic mass is 9.99. The lowest BCUT2D eigenvalue weighted by Gasteiger charge is -2.29. The average Bonchev–Trinajstić information content (AvgIpc) is 2.98. The van der Waals surface area contributed by atoms with Crippen LogP contribution in [-0.4, -0.2) is 35.6 Å². The number of nitrogens with zero attached hydrogens (tertiary/aromatic N) is 2. The third-order valence-electron chi connectivity index (χ3n) is 4.10. The third-order valence-corrected chi connectivity index (χ3v) is 5.27. The molecule has 1 aliphatic heterocycles. The maximum absolute atomic E-state index is 4.76. The predicted molar refractivity (Wildman–Crippen MR) is 76.0 cm³/mol. The van der Waals surface area contributed by atoms with Crippen molar-refractivity contribution in [1.29, 1.82) is 0 Å². The van der Waals surface area contributed by atoms with E-state index in [4.69, 9.17) is 4.98 Å². The Kier molecular flexibility index (Phi) is 3.43. The Bertz CT molecular complexity index is 413. The molecule has 1 aromatic rings. The summed E-state index contributed by atoms with van der Waals surface area (Å²) in [5, 5.41) is 7.28. The molecule has 1 saturated heterocycles. The van der Waals surface area contributed by atoms with Crippen LogP contribution in [0.15, 0.2) is 5.38 Å². The summed E-state index contributed by atoms with van der Waals surface area (Å²) in [4.78, 5) is 7.43. The molecule has 1 atom stereocenters. The fourth-order valence-electron chi connectivity index (χ4n) is 2.92. The summed E-state index contributed by atoms with van der Waals surface area (Å²) in [6.45, 7) is 7.82. The maximum Gasteiger partial charge on any atom is 0.114 e. The fourth-order valence-corrected chi connectivity index (χ4v) is 3.92. The molecule has 2 heterocycles. The zero-order valence-corrected chi connectivity index (χ0v) is 12.2. The van der Waals surface area contributed by atoms with Crippen molar-refractivity contribution in [3.8, 4) is 0 Å². The number of likely N-dealkylation sites (tertiary alicyclic amines) is 1. The SMILES string of the molecule is CCCNC1(c2nc(C)cs2)CCN(C2CC2)C1. The summed E-state index contributed by atoms with van der Waals surface area (Å²) in [5.74, 6) is 0. The molecule has 100 valence electrons. The van der Waals surface area contributed by atoms with Crippen LogP contribution in [0.3, 0.4) is 0 Å². The van der Waals surface area contributed by atoms with Crippen LogP contribution in [0, 0.1) is 6.92 Å². The van der Waals surface area contributed by atoms with Crippen LogP contribution >= 0.6 is 11.3 Å². The van der Waals surface area contributed by atoms with Crippen molar-refractivity contribution < 1.29 is 0 Å². The number of rotatable bonds is 5. The summed E-state index contributed by atoms with van der Waals surface area (Å²) in [5.41, 5.74) is 1.30. The number of nitrogens with one attached hydrogen (secondary N) is 1. The van der Waals surface area contributed by atoms with Crippen LogP contribution in [0.1, 0.15) is 43.3 Å². The van der Waals surface area contributed by atoms with Crippen molar-refractivity contribution in [2.45, 2.75) is 51.1 Å². The molecule has 3 nitrogen and oxygen atoms in total. The third kappa shape index (κ3) is 2.33. The van der Waals surface area contributed by atoms with Gasteiger partial charge in [-0.1, -0.05) is 6.92 Å². The van der Waals surface area contributed by atoms with Crippen LogP contribution < -0.4 is 5.32 Å². The number of aryl methyl sites for hydroxylation is 1. The van der Waals surface area contributed by atoms with Gasteiger partial charge in [-0.15, -0.1) is 11.3 Å². The van der Waals surface area contributed by atoms with E-state index in [1.165, 1.54) is 37.2 Å². The fraction of sp³-hybridized carbons (Fsp3) is 0.786. The van der Waals surface area contributed by atoms with Crippen molar-refractivity contribution >= 4 is 11.3 Å². The van der Waals surface area contributed by atoms with E-state index >= 15 is 0 Å². The first-order valence-corrected chi connectivity index (χ1v) is 8.03. The highest BCUT2D eigenvalue weighted by Gasteiger charge is 2.45. The Hall–Kier alpha value is -0.450. The second kappa shape index (κ2) is 4.91. The second-order valence-corrected chi connectivity index (χ2v) is 6.61. The van der Waals surface area contributed by atoms with Crippen LogP contribution in [0.4, 0.5) is 0 Å². The monoisotopic (exact) mass is 265 g/mol. The smallest absolute Gasteiger partial charge is 0.114 e. The highest BCUT2D eigenvalue weighted by molar-refractivity contribution is 7.09. The second-order valence-electron chi connectivity index (χ2n) is 5.75. The Morgan fingerprint density at radius 3 is 3.00 bits per heavy atom. The molecule has 1 saturated carbocycles. The van der Waals surface area contributed by atoms with Crippen LogP contribution in [0.5, 0.6) is 0 Å². The highest BCUT2D eigenvalue weighted by atomic mass is 32.1. The van der Waals surface area contributed by atoms with Crippen molar-refractivity contribution in [2.75, 3.05) is 19.6 Å². The Morgan fingerprint density at radius 2 is 2.39 bits per heavy atom. The molecular formula is C14H23N3S. The maximum atomic E-state index is 4.76. The lowest BCUT2D eigenvalue weighted by Crippen LogP contribution is -2.45. The molecule has 0 spiro atoms. The Balaban J connectivity index is 1.80. The Morgan fingerprint density at radius 1 is 1.56 bits per heavy atom. The van der Waals surface area contributed by atoms with E-state index in [-0.39, 0.29) is 5.54 Å². The van der Waals surface area contributed by atoms with Gasteiger partial charge in [-0.25, -0.2) is 4.98 Å². The van der Waals surface area contributed by atoms with Gasteiger partial charge < -0.3 is 5.32 Å². The summed E-state index contributed by atoms with van der Waals surface area (Å²) < 4.78 is 0. The van der Waals surface area contributed by atoms with Gasteiger partial charge in [0.25, 0.3) is 0 Å². The molecule has 4 heteroatoms. The topological polar surface area (TPSA) is 28.2 Å². The molecule has 1 aliphatic carbocycles. The summed E-state index contributed by atoms with van der Waals surface area (Å²) in [6, 6.07) is 0.872. The van der Waals surface area contributed by atoms with Gasteiger partial charge in [-0.05, 0) is 39.2 Å². The van der Waals surface area contributed by atoms with Gasteiger partial charge in [0, 0.05) is 30.2 Å². The highest BCUT2D eigenvalue weighted by Crippen LogP contribution is 2.39. The molecule has 1 unspecified atom stereocenters. The van der Waals surface area contributed by atoms with Crippen molar-refractivity contribution in [1.82, 2.24) is 15.2 Å². The van der Waals surface area contributed by atoms with Gasteiger partial charge in [-0.2, -0.15) is 0 Å². The summed E-state index contributed by atoms with van der Waals surface area (Å²) in [6.07, 6.45) is 5.22. The number of thiazole rings is 1. The van der Waals surface area contributed by atoms with Gasteiger partial charge >= 0.3 is 0 Å². The largest absolute Gasteiger partial charge is 0.304 e. The van der Waals surface area contributed by atoms with E-state index in [0.717, 1.165) is 24.8 Å². The Labute approximate surface area is 114 Å². The molecule has 2 aliphatic rings. The van der Waals surface area contributed by atoms with Crippen LogP contribution in [-0.2, 0) is 5.54 Å². The van der Waals surface area contributed by atoms with Crippen molar-refractivity contribution in [2.24, 2.45) is 0 Å². The first kappa shape index (κ1) is 12.6. The lowest BCUT2D eigenvalue weighted by molar-refractivity contribution is 0.274. The van der Waals surface area contributed by atoms with E-state index in [1.54, 1.807) is 0 Å².